The molecule has 2 N–H and O–H groups in total. The van der Waals surface area contributed by atoms with Gasteiger partial charge in [0.05, 0.1) is 11.4 Å². The summed E-state index contributed by atoms with van der Waals surface area (Å²) in [4.78, 5) is 15.1. The van der Waals surface area contributed by atoms with Gasteiger partial charge in [-0.15, -0.1) is 0 Å². The molecular weight excluding hydrogens is 411 g/mol. The molecule has 0 atom stereocenters. The highest BCUT2D eigenvalue weighted by Crippen LogP contribution is 2.26. The maximum atomic E-state index is 14.2. The fourth-order valence-corrected chi connectivity index (χ4v) is 2.71. The minimum absolute atomic E-state index is 0.344. The average molecular weight is 431 g/mol. The average Bonchev–Trinajstić information content (AvgIpc) is 2.64. The molecule has 0 radical (unpaired) electrons. The van der Waals surface area contributed by atoms with Crippen molar-refractivity contribution in [2.75, 3.05) is 37.8 Å². The predicted octanol–water partition coefficient (Wildman–Crippen LogP) is 4.16. The molecule has 0 saturated heterocycles. The van der Waals surface area contributed by atoms with Crippen LogP contribution in [0.15, 0.2) is 53.3 Å². The van der Waals surface area contributed by atoms with Crippen molar-refractivity contribution >= 4 is 33.4 Å². The lowest BCUT2D eigenvalue weighted by atomic mass is 10.2. The second kappa shape index (κ2) is 8.88. The van der Waals surface area contributed by atoms with Crippen LogP contribution >= 0.6 is 15.9 Å². The van der Waals surface area contributed by atoms with Crippen LogP contribution in [0.2, 0.25) is 0 Å². The van der Waals surface area contributed by atoms with Gasteiger partial charge in [0.15, 0.2) is 0 Å². The van der Waals surface area contributed by atoms with E-state index in [1.807, 2.05) is 26.2 Å². The standard InChI is InChI=1S/C19H20BrFN6/c1-27(2)10-9-23-19-25-17(13-5-7-22-8-6-13)12-18(26-19)24-16-4-3-14(20)11-15(16)21/h3-8,11-12H,9-10H2,1-2H3,(H2,23,24,25,26). The fourth-order valence-electron chi connectivity index (χ4n) is 2.38. The third kappa shape index (κ3) is 5.45. The summed E-state index contributed by atoms with van der Waals surface area (Å²) >= 11 is 3.26. The highest BCUT2D eigenvalue weighted by Gasteiger charge is 2.09. The van der Waals surface area contributed by atoms with Crippen LogP contribution in [0.5, 0.6) is 0 Å². The number of likely N-dealkylation sites (N-methyl/N-ethyl adjacent to an activating group) is 1. The smallest absolute Gasteiger partial charge is 0.225 e. The third-order valence-corrected chi connectivity index (χ3v) is 4.23. The first kappa shape index (κ1) is 19.2. The number of pyridine rings is 1. The zero-order valence-electron chi connectivity index (χ0n) is 15.1. The molecule has 6 nitrogen and oxygen atoms in total. The Balaban J connectivity index is 1.91. The van der Waals surface area contributed by atoms with E-state index in [-0.39, 0.29) is 5.82 Å². The highest BCUT2D eigenvalue weighted by atomic mass is 79.9. The monoisotopic (exact) mass is 430 g/mol. The molecule has 0 aliphatic rings. The van der Waals surface area contributed by atoms with Gasteiger partial charge in [0.25, 0.3) is 0 Å². The summed E-state index contributed by atoms with van der Waals surface area (Å²) in [5, 5.41) is 6.25. The third-order valence-electron chi connectivity index (χ3n) is 3.74. The molecule has 0 aliphatic heterocycles. The Morgan fingerprint density at radius 2 is 1.85 bits per heavy atom. The van der Waals surface area contributed by atoms with Crippen molar-refractivity contribution in [3.63, 3.8) is 0 Å². The predicted molar refractivity (Wildman–Crippen MR) is 110 cm³/mol. The summed E-state index contributed by atoms with van der Waals surface area (Å²) in [5.41, 5.74) is 1.97. The molecule has 2 aromatic heterocycles. The molecule has 1 aromatic carbocycles. The summed E-state index contributed by atoms with van der Waals surface area (Å²) in [7, 11) is 4.00. The van der Waals surface area contributed by atoms with Gasteiger partial charge in [-0.25, -0.2) is 9.37 Å². The van der Waals surface area contributed by atoms with Crippen LogP contribution in [0.3, 0.4) is 0 Å². The molecule has 8 heteroatoms. The quantitative estimate of drug-likeness (QED) is 0.586. The minimum atomic E-state index is -0.365. The van der Waals surface area contributed by atoms with Gasteiger partial charge in [0, 0.05) is 41.6 Å². The van der Waals surface area contributed by atoms with Crippen LogP contribution < -0.4 is 10.6 Å². The topological polar surface area (TPSA) is 66.0 Å². The summed E-state index contributed by atoms with van der Waals surface area (Å²) < 4.78 is 14.9. The molecule has 0 amide bonds. The van der Waals surface area contributed by atoms with Gasteiger partial charge in [0.2, 0.25) is 5.95 Å². The van der Waals surface area contributed by atoms with Crippen LogP contribution in [0.4, 0.5) is 21.8 Å². The minimum Gasteiger partial charge on any atom is -0.353 e. The molecule has 0 saturated carbocycles. The van der Waals surface area contributed by atoms with Crippen LogP contribution in [-0.4, -0.2) is 47.0 Å². The van der Waals surface area contributed by atoms with Crippen LogP contribution in [0.1, 0.15) is 0 Å². The van der Waals surface area contributed by atoms with Crippen molar-refractivity contribution < 1.29 is 4.39 Å². The first-order valence-corrected chi connectivity index (χ1v) is 9.21. The van der Waals surface area contributed by atoms with Crippen molar-refractivity contribution in [3.05, 3.63) is 59.1 Å². The molecule has 0 bridgehead atoms. The van der Waals surface area contributed by atoms with E-state index in [4.69, 9.17) is 0 Å². The van der Waals surface area contributed by atoms with E-state index >= 15 is 0 Å². The molecule has 3 rings (SSSR count). The van der Waals surface area contributed by atoms with Crippen LogP contribution in [0, 0.1) is 5.82 Å². The van der Waals surface area contributed by atoms with Gasteiger partial charge < -0.3 is 15.5 Å². The highest BCUT2D eigenvalue weighted by molar-refractivity contribution is 9.10. The van der Waals surface area contributed by atoms with Gasteiger partial charge in [-0.1, -0.05) is 15.9 Å². The van der Waals surface area contributed by atoms with E-state index in [1.165, 1.54) is 6.07 Å². The number of nitrogens with zero attached hydrogens (tertiary/aromatic N) is 4. The molecule has 0 spiro atoms. The number of anilines is 3. The number of hydrogen-bond donors (Lipinski definition) is 2. The zero-order valence-corrected chi connectivity index (χ0v) is 16.7. The van der Waals surface area contributed by atoms with Crippen molar-refractivity contribution in [1.82, 2.24) is 19.9 Å². The van der Waals surface area contributed by atoms with Gasteiger partial charge in [-0.3, -0.25) is 4.98 Å². The van der Waals surface area contributed by atoms with E-state index < -0.39 is 0 Å². The summed E-state index contributed by atoms with van der Waals surface area (Å²) in [6.07, 6.45) is 3.41. The van der Waals surface area contributed by atoms with E-state index in [1.54, 1.807) is 30.6 Å². The Kier molecular flexibility index (Phi) is 6.31. The van der Waals surface area contributed by atoms with Crippen molar-refractivity contribution in [1.29, 1.82) is 0 Å². The Hall–Kier alpha value is -2.58. The second-order valence-corrected chi connectivity index (χ2v) is 7.09. The molecule has 27 heavy (non-hydrogen) atoms. The first-order chi connectivity index (χ1) is 13.0. The molecule has 0 unspecified atom stereocenters. The van der Waals surface area contributed by atoms with Crippen molar-refractivity contribution in [3.8, 4) is 11.3 Å². The Bertz CT molecular complexity index is 904. The summed E-state index contributed by atoms with van der Waals surface area (Å²) in [6, 6.07) is 10.4. The lowest BCUT2D eigenvalue weighted by Crippen LogP contribution is -2.21. The van der Waals surface area contributed by atoms with Crippen molar-refractivity contribution in [2.45, 2.75) is 0 Å². The number of aromatic nitrogens is 3. The number of rotatable bonds is 7. The van der Waals surface area contributed by atoms with Crippen LogP contribution in [-0.2, 0) is 0 Å². The molecule has 0 aliphatic carbocycles. The number of hydrogen-bond acceptors (Lipinski definition) is 6. The van der Waals surface area contributed by atoms with E-state index in [9.17, 15) is 4.39 Å². The molecule has 2 heterocycles. The Labute approximate surface area is 166 Å². The molecule has 0 fully saturated rings. The molecule has 3 aromatic rings. The second-order valence-electron chi connectivity index (χ2n) is 6.18. The summed E-state index contributed by atoms with van der Waals surface area (Å²) in [6.45, 7) is 1.53. The van der Waals surface area contributed by atoms with Crippen LogP contribution in [0.25, 0.3) is 11.3 Å². The van der Waals surface area contributed by atoms with Crippen molar-refractivity contribution in [2.24, 2.45) is 0 Å². The normalized spacial score (nSPS) is 10.9. The number of halogens is 2. The van der Waals surface area contributed by atoms with Gasteiger partial charge in [-0.05, 0) is 44.4 Å². The lowest BCUT2D eigenvalue weighted by molar-refractivity contribution is 0.425. The fraction of sp³-hybridized carbons (Fsp3) is 0.211. The Morgan fingerprint density at radius 3 is 2.56 bits per heavy atom. The SMILES string of the molecule is CN(C)CCNc1nc(Nc2ccc(Br)cc2F)cc(-c2ccncc2)n1. The van der Waals surface area contributed by atoms with E-state index in [2.05, 4.69) is 46.4 Å². The summed E-state index contributed by atoms with van der Waals surface area (Å²) in [5.74, 6) is 0.618. The maximum Gasteiger partial charge on any atom is 0.225 e. The molecule has 140 valence electrons. The van der Waals surface area contributed by atoms with E-state index in [0.717, 1.165) is 17.8 Å². The Morgan fingerprint density at radius 1 is 1.07 bits per heavy atom. The zero-order chi connectivity index (χ0) is 19.2. The maximum absolute atomic E-state index is 14.2. The first-order valence-electron chi connectivity index (χ1n) is 8.41. The number of nitrogens with one attached hydrogen (secondary N) is 2. The molecular formula is C19H20BrFN6. The lowest BCUT2D eigenvalue weighted by Gasteiger charge is -2.13. The van der Waals surface area contributed by atoms with Gasteiger partial charge >= 0.3 is 0 Å². The van der Waals surface area contributed by atoms with Gasteiger partial charge in [-0.2, -0.15) is 4.98 Å². The van der Waals surface area contributed by atoms with E-state index in [0.29, 0.717) is 28.5 Å². The van der Waals surface area contributed by atoms with Gasteiger partial charge in [0.1, 0.15) is 11.6 Å². The number of benzene rings is 1. The largest absolute Gasteiger partial charge is 0.353 e.